The van der Waals surface area contributed by atoms with Crippen molar-refractivity contribution in [1.29, 1.82) is 0 Å². The van der Waals surface area contributed by atoms with Crippen molar-refractivity contribution in [2.45, 2.75) is 6.92 Å². The van der Waals surface area contributed by atoms with Crippen LogP contribution in [0, 0.1) is 6.92 Å². The van der Waals surface area contributed by atoms with Gasteiger partial charge < -0.3 is 5.32 Å². The van der Waals surface area contributed by atoms with E-state index in [-0.39, 0.29) is 5.91 Å². The molecule has 3 aromatic carbocycles. The van der Waals surface area contributed by atoms with Gasteiger partial charge in [0.1, 0.15) is 0 Å². The molecule has 0 heterocycles. The molecule has 3 aromatic rings. The Labute approximate surface area is 165 Å². The van der Waals surface area contributed by atoms with E-state index in [1.165, 1.54) is 7.05 Å². The highest BCUT2D eigenvalue weighted by molar-refractivity contribution is 7.92. The van der Waals surface area contributed by atoms with Gasteiger partial charge in [0.25, 0.3) is 5.91 Å². The molecule has 0 saturated heterocycles. The minimum Gasteiger partial charge on any atom is -0.320 e. The van der Waals surface area contributed by atoms with E-state index in [0.717, 1.165) is 27.3 Å². The summed E-state index contributed by atoms with van der Waals surface area (Å²) < 4.78 is 25.3. The van der Waals surface area contributed by atoms with Gasteiger partial charge in [-0.25, -0.2) is 8.42 Å². The lowest BCUT2D eigenvalue weighted by molar-refractivity contribution is 0.102. The zero-order valence-electron chi connectivity index (χ0n) is 16.0. The van der Waals surface area contributed by atoms with E-state index in [1.807, 2.05) is 55.5 Å². The molecular weight excluding hydrogens is 372 g/mol. The molecule has 1 amide bonds. The van der Waals surface area contributed by atoms with Crippen LogP contribution in [0.4, 0.5) is 11.4 Å². The zero-order valence-corrected chi connectivity index (χ0v) is 16.8. The third-order valence-electron chi connectivity index (χ3n) is 4.58. The van der Waals surface area contributed by atoms with Gasteiger partial charge in [0.05, 0.1) is 17.6 Å². The number of benzene rings is 3. The minimum absolute atomic E-state index is 0.286. The van der Waals surface area contributed by atoms with E-state index in [9.17, 15) is 13.2 Å². The van der Waals surface area contributed by atoms with Gasteiger partial charge in [-0.1, -0.05) is 54.6 Å². The Bertz CT molecular complexity index is 1110. The number of nitrogens with zero attached hydrogens (tertiary/aromatic N) is 1. The van der Waals surface area contributed by atoms with Crippen molar-refractivity contribution in [1.82, 2.24) is 0 Å². The number of hydrogen-bond donors (Lipinski definition) is 1. The van der Waals surface area contributed by atoms with Crippen molar-refractivity contribution in [3.05, 3.63) is 83.9 Å². The van der Waals surface area contributed by atoms with Crippen LogP contribution in [-0.2, 0) is 10.0 Å². The van der Waals surface area contributed by atoms with Crippen LogP contribution in [0.3, 0.4) is 0 Å². The normalized spacial score (nSPS) is 11.1. The summed E-state index contributed by atoms with van der Waals surface area (Å²) in [5, 5.41) is 2.89. The maximum Gasteiger partial charge on any atom is 0.255 e. The van der Waals surface area contributed by atoms with Gasteiger partial charge in [-0.2, -0.15) is 0 Å². The molecular formula is C22H22N2O3S. The number of amides is 1. The molecule has 144 valence electrons. The summed E-state index contributed by atoms with van der Waals surface area (Å²) in [6, 6.07) is 22.3. The van der Waals surface area contributed by atoms with Gasteiger partial charge in [-0.05, 0) is 41.8 Å². The van der Waals surface area contributed by atoms with Gasteiger partial charge in [-0.3, -0.25) is 9.10 Å². The van der Waals surface area contributed by atoms with Crippen molar-refractivity contribution in [3.63, 3.8) is 0 Å². The number of aryl methyl sites for hydroxylation is 1. The highest BCUT2D eigenvalue weighted by Gasteiger charge is 2.19. The van der Waals surface area contributed by atoms with Crippen molar-refractivity contribution in [2.75, 3.05) is 22.9 Å². The SMILES string of the molecule is Cc1ccccc1C(=O)Nc1cc(-c2ccccc2)ccc1N(C)S(C)(=O)=O. The third-order valence-corrected chi connectivity index (χ3v) is 5.77. The molecule has 0 atom stereocenters. The maximum atomic E-state index is 12.8. The number of carbonyl (C=O) groups excluding carboxylic acids is 1. The molecule has 1 N–H and O–H groups in total. The fraction of sp³-hybridized carbons (Fsp3) is 0.136. The van der Waals surface area contributed by atoms with E-state index in [4.69, 9.17) is 0 Å². The van der Waals surface area contributed by atoms with E-state index < -0.39 is 10.0 Å². The lowest BCUT2D eigenvalue weighted by atomic mass is 10.0. The molecule has 0 spiro atoms. The fourth-order valence-corrected chi connectivity index (χ4v) is 3.43. The Balaban J connectivity index is 2.07. The first kappa shape index (κ1) is 19.6. The first-order chi connectivity index (χ1) is 13.3. The Morgan fingerprint density at radius 3 is 2.18 bits per heavy atom. The number of nitrogens with one attached hydrogen (secondary N) is 1. The second kappa shape index (κ2) is 7.86. The molecule has 0 fully saturated rings. The molecule has 5 nitrogen and oxygen atoms in total. The second-order valence-electron chi connectivity index (χ2n) is 6.60. The first-order valence-electron chi connectivity index (χ1n) is 8.78. The van der Waals surface area contributed by atoms with Crippen LogP contribution in [-0.4, -0.2) is 27.6 Å². The molecule has 0 aliphatic carbocycles. The maximum absolute atomic E-state index is 12.8. The Morgan fingerprint density at radius 1 is 0.893 bits per heavy atom. The summed E-state index contributed by atoms with van der Waals surface area (Å²) in [6.07, 6.45) is 1.13. The van der Waals surface area contributed by atoms with Crippen LogP contribution in [0.15, 0.2) is 72.8 Å². The van der Waals surface area contributed by atoms with Gasteiger partial charge >= 0.3 is 0 Å². The van der Waals surface area contributed by atoms with Gasteiger partial charge in [0.15, 0.2) is 0 Å². The predicted octanol–water partition coefficient (Wildman–Crippen LogP) is 4.31. The first-order valence-corrected chi connectivity index (χ1v) is 10.6. The average molecular weight is 394 g/mol. The standard InChI is InChI=1S/C22H22N2O3S/c1-16-9-7-8-12-19(16)22(25)23-20-15-18(17-10-5-4-6-11-17)13-14-21(20)24(2)28(3,26)27/h4-15H,1-3H3,(H,23,25). The van der Waals surface area contributed by atoms with E-state index >= 15 is 0 Å². The van der Waals surface area contributed by atoms with Crippen LogP contribution in [0.1, 0.15) is 15.9 Å². The van der Waals surface area contributed by atoms with E-state index in [1.54, 1.807) is 24.3 Å². The Kier molecular flexibility index (Phi) is 5.51. The zero-order chi connectivity index (χ0) is 20.3. The summed E-state index contributed by atoms with van der Waals surface area (Å²) in [4.78, 5) is 12.8. The number of rotatable bonds is 5. The summed E-state index contributed by atoms with van der Waals surface area (Å²) in [6.45, 7) is 1.86. The number of carbonyl (C=O) groups is 1. The lowest BCUT2D eigenvalue weighted by Gasteiger charge is -2.21. The average Bonchev–Trinajstić information content (AvgIpc) is 2.67. The van der Waals surface area contributed by atoms with Crippen LogP contribution in [0.25, 0.3) is 11.1 Å². The highest BCUT2D eigenvalue weighted by atomic mass is 32.2. The molecule has 0 radical (unpaired) electrons. The van der Waals surface area contributed by atoms with Crippen molar-refractivity contribution in [2.24, 2.45) is 0 Å². The number of sulfonamides is 1. The minimum atomic E-state index is -3.48. The summed E-state index contributed by atoms with van der Waals surface area (Å²) >= 11 is 0. The van der Waals surface area contributed by atoms with Crippen LogP contribution in [0.5, 0.6) is 0 Å². The number of hydrogen-bond acceptors (Lipinski definition) is 3. The molecule has 0 saturated carbocycles. The van der Waals surface area contributed by atoms with Gasteiger partial charge in [-0.15, -0.1) is 0 Å². The summed E-state index contributed by atoms with van der Waals surface area (Å²) in [5.41, 5.74) is 4.08. The van der Waals surface area contributed by atoms with Crippen molar-refractivity contribution in [3.8, 4) is 11.1 Å². The molecule has 3 rings (SSSR count). The van der Waals surface area contributed by atoms with E-state index in [0.29, 0.717) is 16.9 Å². The second-order valence-corrected chi connectivity index (χ2v) is 8.61. The van der Waals surface area contributed by atoms with Crippen molar-refractivity contribution >= 4 is 27.3 Å². The fourth-order valence-electron chi connectivity index (χ4n) is 2.92. The molecule has 28 heavy (non-hydrogen) atoms. The van der Waals surface area contributed by atoms with Crippen LogP contribution < -0.4 is 9.62 Å². The Morgan fingerprint density at radius 2 is 1.54 bits per heavy atom. The van der Waals surface area contributed by atoms with Gasteiger partial charge in [0, 0.05) is 12.6 Å². The molecule has 0 aromatic heterocycles. The highest BCUT2D eigenvalue weighted by Crippen LogP contribution is 2.32. The smallest absolute Gasteiger partial charge is 0.255 e. The van der Waals surface area contributed by atoms with E-state index in [2.05, 4.69) is 5.32 Å². The van der Waals surface area contributed by atoms with Crippen LogP contribution >= 0.6 is 0 Å². The monoisotopic (exact) mass is 394 g/mol. The van der Waals surface area contributed by atoms with Crippen LogP contribution in [0.2, 0.25) is 0 Å². The molecule has 0 unspecified atom stereocenters. The largest absolute Gasteiger partial charge is 0.320 e. The third kappa shape index (κ3) is 4.23. The molecule has 0 aliphatic rings. The van der Waals surface area contributed by atoms with Crippen molar-refractivity contribution < 1.29 is 13.2 Å². The molecule has 0 bridgehead atoms. The predicted molar refractivity (Wildman–Crippen MR) is 114 cm³/mol. The summed E-state index contributed by atoms with van der Waals surface area (Å²) in [5.74, 6) is -0.286. The lowest BCUT2D eigenvalue weighted by Crippen LogP contribution is -2.26. The molecule has 0 aliphatic heterocycles. The summed E-state index contributed by atoms with van der Waals surface area (Å²) in [7, 11) is -2.01. The van der Waals surface area contributed by atoms with Gasteiger partial charge in [0.2, 0.25) is 10.0 Å². The quantitative estimate of drug-likeness (QED) is 0.701. The molecule has 6 heteroatoms. The Hall–Kier alpha value is -3.12. The number of anilines is 2. The topological polar surface area (TPSA) is 66.5 Å².